The van der Waals surface area contributed by atoms with E-state index in [-0.39, 0.29) is 11.9 Å². The number of nitrogens with zero attached hydrogens (tertiary/aromatic N) is 3. The Labute approximate surface area is 166 Å². The van der Waals surface area contributed by atoms with E-state index in [1.165, 1.54) is 0 Å². The summed E-state index contributed by atoms with van der Waals surface area (Å²) in [5, 5.41) is 11.2. The highest BCUT2D eigenvalue weighted by molar-refractivity contribution is 5.94. The predicted octanol–water partition coefficient (Wildman–Crippen LogP) is 4.06. The first-order valence-electron chi connectivity index (χ1n) is 9.64. The highest BCUT2D eigenvalue weighted by Crippen LogP contribution is 2.33. The van der Waals surface area contributed by atoms with E-state index >= 15 is 0 Å². The molecule has 0 saturated carbocycles. The fraction of sp³-hybridized carbons (Fsp3) is 0.500. The Kier molecular flexibility index (Phi) is 5.73. The molecule has 0 N–H and O–H groups in total. The summed E-state index contributed by atoms with van der Waals surface area (Å²) in [6.45, 7) is 7.32. The largest absolute Gasteiger partial charge is 0.495 e. The van der Waals surface area contributed by atoms with Gasteiger partial charge in [-0.05, 0) is 63.1 Å². The number of pyridine rings is 1. The van der Waals surface area contributed by atoms with Gasteiger partial charge in [0, 0.05) is 24.7 Å². The zero-order valence-corrected chi connectivity index (χ0v) is 17.0. The van der Waals surface area contributed by atoms with Crippen molar-refractivity contribution in [2.75, 3.05) is 25.1 Å². The SMILES string of the molecule is COc1cc2c(N3CCC[C@H](CC(=O)OC(C)(C)C)C3)nccc2cc1C#N. The molecular formula is C22H27N3O3. The summed E-state index contributed by atoms with van der Waals surface area (Å²) in [4.78, 5) is 19.1. The van der Waals surface area contributed by atoms with Gasteiger partial charge in [0.05, 0.1) is 19.1 Å². The molecule has 1 aromatic heterocycles. The number of esters is 1. The van der Waals surface area contributed by atoms with Gasteiger partial charge in [0.1, 0.15) is 23.2 Å². The molecule has 2 aromatic rings. The van der Waals surface area contributed by atoms with Crippen LogP contribution in [0.1, 0.15) is 45.6 Å². The van der Waals surface area contributed by atoms with Gasteiger partial charge < -0.3 is 14.4 Å². The minimum Gasteiger partial charge on any atom is -0.495 e. The van der Waals surface area contributed by atoms with Crippen molar-refractivity contribution in [3.8, 4) is 11.8 Å². The normalized spacial score (nSPS) is 17.2. The molecule has 0 bridgehead atoms. The lowest BCUT2D eigenvalue weighted by molar-refractivity contribution is -0.156. The van der Waals surface area contributed by atoms with Gasteiger partial charge in [-0.2, -0.15) is 5.26 Å². The number of benzene rings is 1. The van der Waals surface area contributed by atoms with Crippen molar-refractivity contribution < 1.29 is 14.3 Å². The van der Waals surface area contributed by atoms with E-state index in [0.717, 1.165) is 42.5 Å². The summed E-state index contributed by atoms with van der Waals surface area (Å²) in [7, 11) is 1.57. The summed E-state index contributed by atoms with van der Waals surface area (Å²) in [6.07, 6.45) is 4.19. The van der Waals surface area contributed by atoms with Crippen LogP contribution in [0.3, 0.4) is 0 Å². The molecule has 0 radical (unpaired) electrons. The molecule has 1 aromatic carbocycles. The maximum absolute atomic E-state index is 12.2. The third-order valence-electron chi connectivity index (χ3n) is 4.88. The van der Waals surface area contributed by atoms with Crippen molar-refractivity contribution in [3.63, 3.8) is 0 Å². The number of fused-ring (bicyclic) bond motifs is 1. The first kappa shape index (κ1) is 19.9. The molecule has 0 spiro atoms. The summed E-state index contributed by atoms with van der Waals surface area (Å²) < 4.78 is 10.9. The highest BCUT2D eigenvalue weighted by Gasteiger charge is 2.26. The second-order valence-electron chi connectivity index (χ2n) is 8.26. The lowest BCUT2D eigenvalue weighted by atomic mass is 9.94. The van der Waals surface area contributed by atoms with E-state index < -0.39 is 5.60 Å². The number of hydrogen-bond acceptors (Lipinski definition) is 6. The Morgan fingerprint density at radius 2 is 2.18 bits per heavy atom. The topological polar surface area (TPSA) is 75.4 Å². The van der Waals surface area contributed by atoms with E-state index in [2.05, 4.69) is 16.0 Å². The van der Waals surface area contributed by atoms with Crippen LogP contribution in [-0.2, 0) is 9.53 Å². The monoisotopic (exact) mass is 381 g/mol. The molecule has 1 fully saturated rings. The van der Waals surface area contributed by atoms with Gasteiger partial charge >= 0.3 is 5.97 Å². The molecular weight excluding hydrogens is 354 g/mol. The molecule has 0 amide bonds. The Hall–Kier alpha value is -2.81. The zero-order valence-electron chi connectivity index (χ0n) is 17.0. The van der Waals surface area contributed by atoms with Crippen LogP contribution in [0, 0.1) is 17.2 Å². The van der Waals surface area contributed by atoms with E-state index in [1.807, 2.05) is 39.0 Å². The van der Waals surface area contributed by atoms with E-state index in [0.29, 0.717) is 17.7 Å². The Morgan fingerprint density at radius 1 is 1.39 bits per heavy atom. The van der Waals surface area contributed by atoms with Gasteiger partial charge in [-0.15, -0.1) is 0 Å². The van der Waals surface area contributed by atoms with Crippen molar-refractivity contribution in [3.05, 3.63) is 30.0 Å². The van der Waals surface area contributed by atoms with E-state index in [9.17, 15) is 10.1 Å². The molecule has 1 saturated heterocycles. The maximum Gasteiger partial charge on any atom is 0.306 e. The average molecular weight is 381 g/mol. The number of piperidine rings is 1. The number of carbonyl (C=O) groups is 1. The van der Waals surface area contributed by atoms with Crippen molar-refractivity contribution >= 4 is 22.6 Å². The highest BCUT2D eigenvalue weighted by atomic mass is 16.6. The molecule has 3 rings (SSSR count). The predicted molar refractivity (Wildman–Crippen MR) is 108 cm³/mol. The van der Waals surface area contributed by atoms with Crippen LogP contribution < -0.4 is 9.64 Å². The fourth-order valence-electron chi connectivity index (χ4n) is 3.74. The number of hydrogen-bond donors (Lipinski definition) is 0. The number of ether oxygens (including phenoxy) is 2. The summed E-state index contributed by atoms with van der Waals surface area (Å²) >= 11 is 0. The molecule has 6 heteroatoms. The number of nitriles is 1. The first-order chi connectivity index (χ1) is 13.3. The Morgan fingerprint density at radius 3 is 2.86 bits per heavy atom. The Balaban J connectivity index is 1.84. The van der Waals surface area contributed by atoms with Crippen molar-refractivity contribution in [2.45, 2.75) is 45.6 Å². The van der Waals surface area contributed by atoms with Crippen LogP contribution in [-0.4, -0.2) is 36.8 Å². The molecule has 1 aliphatic rings. The van der Waals surface area contributed by atoms with Gasteiger partial charge in [0.2, 0.25) is 0 Å². The van der Waals surface area contributed by atoms with Crippen LogP contribution in [0.4, 0.5) is 5.82 Å². The van der Waals surface area contributed by atoms with E-state index in [4.69, 9.17) is 9.47 Å². The number of rotatable bonds is 4. The molecule has 6 nitrogen and oxygen atoms in total. The number of carbonyl (C=O) groups excluding carboxylic acids is 1. The Bertz CT molecular complexity index is 912. The van der Waals surface area contributed by atoms with Crippen LogP contribution in [0.5, 0.6) is 5.75 Å². The van der Waals surface area contributed by atoms with Gasteiger partial charge in [0.15, 0.2) is 0 Å². The lowest BCUT2D eigenvalue weighted by Crippen LogP contribution is -2.37. The number of aromatic nitrogens is 1. The number of methoxy groups -OCH3 is 1. The quantitative estimate of drug-likeness (QED) is 0.744. The molecule has 148 valence electrons. The number of anilines is 1. The zero-order chi connectivity index (χ0) is 20.3. The average Bonchev–Trinajstić information content (AvgIpc) is 2.64. The second kappa shape index (κ2) is 8.05. The standard InChI is InChI=1S/C22H27N3O3/c1-22(2,3)28-20(26)10-15-6-5-9-25(14-15)21-18-12-19(27-4)17(13-23)11-16(18)7-8-24-21/h7-8,11-12,15H,5-6,9-10,14H2,1-4H3/t15-/m1/s1. The van der Waals surface area contributed by atoms with Crippen LogP contribution >= 0.6 is 0 Å². The fourth-order valence-corrected chi connectivity index (χ4v) is 3.74. The minimum absolute atomic E-state index is 0.148. The third-order valence-corrected chi connectivity index (χ3v) is 4.88. The molecule has 1 atom stereocenters. The van der Waals surface area contributed by atoms with Crippen molar-refractivity contribution in [1.29, 1.82) is 5.26 Å². The first-order valence-corrected chi connectivity index (χ1v) is 9.64. The minimum atomic E-state index is -0.461. The van der Waals surface area contributed by atoms with Gasteiger partial charge in [-0.1, -0.05) is 0 Å². The van der Waals surface area contributed by atoms with Crippen LogP contribution in [0.25, 0.3) is 10.8 Å². The molecule has 0 unspecified atom stereocenters. The smallest absolute Gasteiger partial charge is 0.306 e. The molecule has 1 aliphatic heterocycles. The second-order valence-corrected chi connectivity index (χ2v) is 8.26. The summed E-state index contributed by atoms with van der Waals surface area (Å²) in [6, 6.07) is 7.80. The summed E-state index contributed by atoms with van der Waals surface area (Å²) in [5.41, 5.74) is 0.0473. The van der Waals surface area contributed by atoms with Gasteiger partial charge in [-0.3, -0.25) is 4.79 Å². The van der Waals surface area contributed by atoms with Crippen molar-refractivity contribution in [1.82, 2.24) is 4.98 Å². The molecule has 28 heavy (non-hydrogen) atoms. The van der Waals surface area contributed by atoms with Gasteiger partial charge in [-0.25, -0.2) is 4.98 Å². The molecule has 0 aliphatic carbocycles. The van der Waals surface area contributed by atoms with Crippen molar-refractivity contribution in [2.24, 2.45) is 5.92 Å². The van der Waals surface area contributed by atoms with E-state index in [1.54, 1.807) is 13.3 Å². The maximum atomic E-state index is 12.2. The molecule has 2 heterocycles. The summed E-state index contributed by atoms with van der Waals surface area (Å²) in [5.74, 6) is 1.51. The third kappa shape index (κ3) is 4.53. The van der Waals surface area contributed by atoms with Gasteiger partial charge in [0.25, 0.3) is 0 Å². The lowest BCUT2D eigenvalue weighted by Gasteiger charge is -2.34. The van der Waals surface area contributed by atoms with Crippen LogP contribution in [0.2, 0.25) is 0 Å². The van der Waals surface area contributed by atoms with Crippen LogP contribution in [0.15, 0.2) is 24.4 Å².